The van der Waals surface area contributed by atoms with Crippen LogP contribution in [0.1, 0.15) is 29.3 Å². The lowest BCUT2D eigenvalue weighted by atomic mass is 9.95. The van der Waals surface area contributed by atoms with Gasteiger partial charge in [-0.1, -0.05) is 11.6 Å². The maximum Gasteiger partial charge on any atom is 0.228 e. The molecule has 1 fully saturated rings. The van der Waals surface area contributed by atoms with Crippen LogP contribution in [0.15, 0.2) is 12.1 Å². The van der Waals surface area contributed by atoms with Crippen molar-refractivity contribution >= 4 is 29.7 Å². The average Bonchev–Trinajstić information content (AvgIpc) is 3.38. The van der Waals surface area contributed by atoms with E-state index in [1.807, 2.05) is 4.57 Å². The lowest BCUT2D eigenvalue weighted by Crippen LogP contribution is -2.38. The Morgan fingerprint density at radius 1 is 1.46 bits per heavy atom. The highest BCUT2D eigenvalue weighted by Crippen LogP contribution is 2.36. The van der Waals surface area contributed by atoms with E-state index in [1.165, 1.54) is 12.1 Å². The van der Waals surface area contributed by atoms with Crippen LogP contribution in [-0.4, -0.2) is 46.7 Å². The van der Waals surface area contributed by atoms with Gasteiger partial charge in [0.1, 0.15) is 11.6 Å². The van der Waals surface area contributed by atoms with E-state index in [1.54, 1.807) is 11.9 Å². The van der Waals surface area contributed by atoms with Crippen LogP contribution in [0.25, 0.3) is 0 Å². The Kier molecular flexibility index (Phi) is 5.28. The van der Waals surface area contributed by atoms with Gasteiger partial charge in [0.15, 0.2) is 4.77 Å². The Hall–Kier alpha value is -1.77. The number of hydrogen-bond acceptors (Lipinski definition) is 3. The van der Waals surface area contributed by atoms with Crippen LogP contribution in [0.3, 0.4) is 0 Å². The van der Waals surface area contributed by atoms with Gasteiger partial charge in [-0.3, -0.25) is 4.79 Å². The number of hydrogen-bond donors (Lipinski definition) is 1. The summed E-state index contributed by atoms with van der Waals surface area (Å²) in [6, 6.07) is 2.47. The first-order valence-corrected chi connectivity index (χ1v) is 9.92. The third-order valence-electron chi connectivity index (χ3n) is 5.68. The molecule has 0 saturated carbocycles. The first-order chi connectivity index (χ1) is 13.4. The van der Waals surface area contributed by atoms with Crippen LogP contribution in [0, 0.1) is 16.4 Å². The number of aromatic amines is 1. The number of imidazole rings is 1. The van der Waals surface area contributed by atoms with Gasteiger partial charge < -0.3 is 19.2 Å². The first kappa shape index (κ1) is 19.5. The van der Waals surface area contributed by atoms with Crippen molar-refractivity contribution in [2.45, 2.75) is 37.8 Å². The van der Waals surface area contributed by atoms with Gasteiger partial charge in [-0.15, -0.1) is 0 Å². The van der Waals surface area contributed by atoms with E-state index in [9.17, 15) is 13.6 Å². The van der Waals surface area contributed by atoms with Gasteiger partial charge in [0.25, 0.3) is 0 Å². The summed E-state index contributed by atoms with van der Waals surface area (Å²) in [6.07, 6.45) is 1.37. The number of fused-ring (bicyclic) bond motifs is 1. The van der Waals surface area contributed by atoms with E-state index < -0.39 is 17.6 Å². The second kappa shape index (κ2) is 7.57. The molecule has 1 aromatic heterocycles. The molecule has 0 aliphatic carbocycles. The Bertz CT molecular complexity index is 984. The van der Waals surface area contributed by atoms with Crippen molar-refractivity contribution < 1.29 is 18.3 Å². The third kappa shape index (κ3) is 3.38. The largest absolute Gasteiger partial charge is 0.379 e. The molecule has 1 amide bonds. The number of aromatic nitrogens is 2. The van der Waals surface area contributed by atoms with Crippen LogP contribution in [-0.2, 0) is 28.9 Å². The molecule has 2 aromatic rings. The molecule has 9 heteroatoms. The molecule has 2 aliphatic rings. The van der Waals surface area contributed by atoms with Gasteiger partial charge in [0, 0.05) is 43.1 Å². The molecule has 2 atom stereocenters. The number of amides is 1. The number of halogens is 3. The quantitative estimate of drug-likeness (QED) is 0.599. The van der Waals surface area contributed by atoms with Gasteiger partial charge in [-0.2, -0.15) is 0 Å². The van der Waals surface area contributed by atoms with Crippen molar-refractivity contribution in [3.05, 3.63) is 50.5 Å². The Morgan fingerprint density at radius 2 is 2.25 bits per heavy atom. The minimum Gasteiger partial charge on any atom is -0.379 e. The second-order valence-corrected chi connectivity index (χ2v) is 8.12. The zero-order chi connectivity index (χ0) is 20.0. The van der Waals surface area contributed by atoms with Crippen LogP contribution in [0.4, 0.5) is 8.78 Å². The van der Waals surface area contributed by atoms with Gasteiger partial charge >= 0.3 is 0 Å². The molecular weight excluding hydrogens is 408 g/mol. The van der Waals surface area contributed by atoms with Crippen molar-refractivity contribution in [1.29, 1.82) is 0 Å². The van der Waals surface area contributed by atoms with Crippen LogP contribution >= 0.6 is 23.8 Å². The Morgan fingerprint density at radius 3 is 2.96 bits per heavy atom. The SMILES string of the molecule is CN(C(=O)Cc1[nH]c(=S)n2c1C[C@@H](c1c(F)ccc(Cl)c1F)C2)C1CCOC1. The number of carbonyl (C=O) groups excluding carboxylic acids is 1. The second-order valence-electron chi connectivity index (χ2n) is 7.32. The molecule has 150 valence electrons. The molecule has 5 nitrogen and oxygen atoms in total. The third-order valence-corrected chi connectivity index (χ3v) is 6.30. The van der Waals surface area contributed by atoms with E-state index in [2.05, 4.69) is 4.98 Å². The summed E-state index contributed by atoms with van der Waals surface area (Å²) in [6.45, 7) is 1.55. The molecule has 28 heavy (non-hydrogen) atoms. The van der Waals surface area contributed by atoms with Crippen LogP contribution in [0.5, 0.6) is 0 Å². The highest BCUT2D eigenvalue weighted by molar-refractivity contribution is 7.71. The number of rotatable bonds is 4. The highest BCUT2D eigenvalue weighted by atomic mass is 35.5. The van der Waals surface area contributed by atoms with Gasteiger partial charge in [0.2, 0.25) is 5.91 Å². The van der Waals surface area contributed by atoms with Gasteiger partial charge in [-0.05, 0) is 37.2 Å². The number of nitrogens with one attached hydrogen (secondary N) is 1. The monoisotopic (exact) mass is 427 g/mol. The van der Waals surface area contributed by atoms with Crippen molar-refractivity contribution in [3.63, 3.8) is 0 Å². The lowest BCUT2D eigenvalue weighted by molar-refractivity contribution is -0.131. The van der Waals surface area contributed by atoms with Gasteiger partial charge in [-0.25, -0.2) is 8.78 Å². The topological polar surface area (TPSA) is 50.3 Å². The fraction of sp³-hybridized carbons (Fsp3) is 0.474. The maximum atomic E-state index is 14.4. The molecule has 1 saturated heterocycles. The molecular formula is C19H20ClF2N3O2S. The smallest absolute Gasteiger partial charge is 0.228 e. The van der Waals surface area contributed by atoms with Crippen molar-refractivity contribution in [2.75, 3.05) is 20.3 Å². The van der Waals surface area contributed by atoms with Crippen molar-refractivity contribution in [1.82, 2.24) is 14.5 Å². The van der Waals surface area contributed by atoms with Crippen molar-refractivity contribution in [3.8, 4) is 0 Å². The zero-order valence-corrected chi connectivity index (χ0v) is 16.9. The molecule has 2 aliphatic heterocycles. The van der Waals surface area contributed by atoms with E-state index in [0.717, 1.165) is 12.1 Å². The molecule has 4 rings (SSSR count). The normalized spacial score (nSPS) is 21.1. The number of nitrogens with zero attached hydrogens (tertiary/aromatic N) is 2. The number of likely N-dealkylation sites (N-methyl/N-ethyl adjacent to an activating group) is 1. The van der Waals surface area contributed by atoms with Crippen LogP contribution in [0.2, 0.25) is 5.02 Å². The first-order valence-electron chi connectivity index (χ1n) is 9.14. The number of H-pyrrole nitrogens is 1. The molecule has 0 bridgehead atoms. The van der Waals surface area contributed by atoms with E-state index in [0.29, 0.717) is 36.6 Å². The lowest BCUT2D eigenvalue weighted by Gasteiger charge is -2.23. The molecule has 1 aromatic carbocycles. The number of ether oxygens (including phenoxy) is 1. The molecule has 1 unspecified atom stereocenters. The minimum atomic E-state index is -0.731. The summed E-state index contributed by atoms with van der Waals surface area (Å²) in [5, 5.41) is -0.103. The molecule has 3 heterocycles. The maximum absolute atomic E-state index is 14.4. The molecule has 0 spiro atoms. The fourth-order valence-corrected chi connectivity index (χ4v) is 4.54. The number of benzene rings is 1. The summed E-state index contributed by atoms with van der Waals surface area (Å²) in [5.41, 5.74) is 1.49. The minimum absolute atomic E-state index is 0.0249. The van der Waals surface area contributed by atoms with E-state index in [-0.39, 0.29) is 29.0 Å². The number of carbonyl (C=O) groups is 1. The summed E-state index contributed by atoms with van der Waals surface area (Å²) in [5.74, 6) is -1.81. The highest BCUT2D eigenvalue weighted by Gasteiger charge is 2.33. The summed E-state index contributed by atoms with van der Waals surface area (Å²) < 4.78 is 36.4. The average molecular weight is 428 g/mol. The zero-order valence-electron chi connectivity index (χ0n) is 15.3. The Balaban J connectivity index is 1.57. The van der Waals surface area contributed by atoms with Crippen LogP contribution < -0.4 is 0 Å². The summed E-state index contributed by atoms with van der Waals surface area (Å²) in [7, 11) is 1.77. The summed E-state index contributed by atoms with van der Waals surface area (Å²) >= 11 is 11.2. The van der Waals surface area contributed by atoms with E-state index >= 15 is 0 Å². The molecule has 0 radical (unpaired) electrons. The predicted octanol–water partition coefficient (Wildman–Crippen LogP) is 3.61. The fourth-order valence-electron chi connectivity index (χ4n) is 4.06. The molecule has 1 N–H and O–H groups in total. The Labute approximate surface area is 171 Å². The van der Waals surface area contributed by atoms with Crippen molar-refractivity contribution in [2.24, 2.45) is 0 Å². The van der Waals surface area contributed by atoms with E-state index in [4.69, 9.17) is 28.6 Å². The predicted molar refractivity (Wildman–Crippen MR) is 103 cm³/mol. The van der Waals surface area contributed by atoms with Gasteiger partial charge in [0.05, 0.1) is 24.1 Å². The standard InChI is InChI=1S/C19H20ClF2N3O2S/c1-24(11-4-5-27-9-11)16(26)7-14-15-6-10(8-25(15)19(28)23-14)17-13(21)3-2-12(20)18(17)22/h2-3,10-11H,4-9H2,1H3,(H,23,28)/t10-,11?/m1/s1. The summed E-state index contributed by atoms with van der Waals surface area (Å²) in [4.78, 5) is 17.5.